The van der Waals surface area contributed by atoms with E-state index in [2.05, 4.69) is 4.90 Å². The number of hydrogen-bond acceptors (Lipinski definition) is 6. The van der Waals surface area contributed by atoms with E-state index in [4.69, 9.17) is 18.9 Å². The highest BCUT2D eigenvalue weighted by Gasteiger charge is 2.43. The number of hydrogen-bond donors (Lipinski definition) is 1. The molecule has 1 unspecified atom stereocenters. The summed E-state index contributed by atoms with van der Waals surface area (Å²) in [7, 11) is 1.63. The van der Waals surface area contributed by atoms with Gasteiger partial charge in [-0.05, 0) is 42.3 Å². The van der Waals surface area contributed by atoms with Crippen molar-refractivity contribution in [2.75, 3.05) is 46.8 Å². The molecule has 0 aliphatic carbocycles. The fourth-order valence-corrected chi connectivity index (χ4v) is 4.62. The summed E-state index contributed by atoms with van der Waals surface area (Å²) in [4.78, 5) is 14.8. The number of carbonyl (C=O) groups is 1. The summed E-state index contributed by atoms with van der Waals surface area (Å²) in [6.45, 7) is 5.53. The topological polar surface area (TPSA) is 77.5 Å². The molecular weight excluding hydrogens is 398 g/mol. The number of carboxylic acid groups (broad SMARTS) is 1. The molecule has 31 heavy (non-hydrogen) atoms. The maximum Gasteiger partial charge on any atom is 0.307 e. The smallest absolute Gasteiger partial charge is 0.307 e. The SMILES string of the molecule is CCOCCN1CC(c2ccc3c(c2)OCO3)[C@H](C(=O)O)[C@@H](c2ccc(OC)cc2)C1. The first-order valence-corrected chi connectivity index (χ1v) is 10.7. The Bertz CT molecular complexity index is 899. The summed E-state index contributed by atoms with van der Waals surface area (Å²) in [6, 6.07) is 13.5. The number of aliphatic carboxylic acids is 1. The fraction of sp³-hybridized carbons (Fsp3) is 0.458. The van der Waals surface area contributed by atoms with Crippen LogP contribution < -0.4 is 14.2 Å². The molecule has 0 radical (unpaired) electrons. The molecule has 0 saturated carbocycles. The number of benzene rings is 2. The molecule has 4 rings (SSSR count). The quantitative estimate of drug-likeness (QED) is 0.648. The van der Waals surface area contributed by atoms with E-state index in [1.165, 1.54) is 0 Å². The lowest BCUT2D eigenvalue weighted by atomic mass is 9.71. The fourth-order valence-electron chi connectivity index (χ4n) is 4.62. The van der Waals surface area contributed by atoms with Crippen molar-refractivity contribution >= 4 is 5.97 Å². The van der Waals surface area contributed by atoms with Crippen molar-refractivity contribution in [3.8, 4) is 17.2 Å². The number of rotatable bonds is 8. The van der Waals surface area contributed by atoms with Crippen LogP contribution in [0.3, 0.4) is 0 Å². The number of ether oxygens (including phenoxy) is 4. The van der Waals surface area contributed by atoms with E-state index in [0.717, 1.165) is 23.4 Å². The number of piperidine rings is 1. The van der Waals surface area contributed by atoms with Crippen molar-refractivity contribution in [1.82, 2.24) is 4.90 Å². The Kier molecular flexibility index (Phi) is 6.63. The van der Waals surface area contributed by atoms with Gasteiger partial charge in [0, 0.05) is 38.1 Å². The average Bonchev–Trinajstić information content (AvgIpc) is 3.26. The summed E-state index contributed by atoms with van der Waals surface area (Å²) in [5, 5.41) is 10.3. The van der Waals surface area contributed by atoms with Gasteiger partial charge in [0.1, 0.15) is 5.75 Å². The minimum atomic E-state index is -0.784. The molecule has 7 heteroatoms. The van der Waals surface area contributed by atoms with Gasteiger partial charge >= 0.3 is 5.97 Å². The van der Waals surface area contributed by atoms with E-state index in [1.54, 1.807) is 7.11 Å². The highest BCUT2D eigenvalue weighted by atomic mass is 16.7. The highest BCUT2D eigenvalue weighted by Crippen LogP contribution is 2.44. The van der Waals surface area contributed by atoms with Crippen molar-refractivity contribution in [2.24, 2.45) is 5.92 Å². The summed E-state index contributed by atoms with van der Waals surface area (Å²) >= 11 is 0. The molecule has 2 aliphatic heterocycles. The molecule has 2 aromatic carbocycles. The van der Waals surface area contributed by atoms with Crippen LogP contribution in [0.4, 0.5) is 0 Å². The third kappa shape index (κ3) is 4.62. The van der Waals surface area contributed by atoms with Gasteiger partial charge in [0.05, 0.1) is 19.6 Å². The number of fused-ring (bicyclic) bond motifs is 1. The number of nitrogens with zero attached hydrogens (tertiary/aromatic N) is 1. The minimum absolute atomic E-state index is 0.158. The van der Waals surface area contributed by atoms with Crippen molar-refractivity contribution in [3.63, 3.8) is 0 Å². The Labute approximate surface area is 182 Å². The standard InChI is InChI=1S/C24H29NO6/c1-3-29-11-10-25-13-19(16-4-7-18(28-2)8-5-16)23(24(26)27)20(14-25)17-6-9-21-22(12-17)31-15-30-21/h4-9,12,19-20,23H,3,10-11,13-15H2,1-2H3,(H,26,27)/t19-,20?,23-/m1/s1. The first-order chi connectivity index (χ1) is 15.1. The third-order valence-electron chi connectivity index (χ3n) is 6.19. The molecule has 1 saturated heterocycles. The van der Waals surface area contributed by atoms with Crippen LogP contribution in [-0.4, -0.2) is 62.7 Å². The van der Waals surface area contributed by atoms with Crippen LogP contribution in [0, 0.1) is 5.92 Å². The molecule has 0 aromatic heterocycles. The lowest BCUT2D eigenvalue weighted by Gasteiger charge is -2.42. The lowest BCUT2D eigenvalue weighted by molar-refractivity contribution is -0.145. The molecule has 166 valence electrons. The monoisotopic (exact) mass is 427 g/mol. The second-order valence-electron chi connectivity index (χ2n) is 7.92. The zero-order valence-electron chi connectivity index (χ0n) is 18.0. The molecule has 2 aliphatic rings. The summed E-state index contributed by atoms with van der Waals surface area (Å²) in [5.74, 6) is 0.445. The summed E-state index contributed by atoms with van der Waals surface area (Å²) < 4.78 is 21.8. The van der Waals surface area contributed by atoms with Crippen molar-refractivity contribution in [3.05, 3.63) is 53.6 Å². The van der Waals surface area contributed by atoms with Crippen LogP contribution in [-0.2, 0) is 9.53 Å². The predicted octanol–water partition coefficient (Wildman–Crippen LogP) is 3.34. The number of carboxylic acids is 1. The van der Waals surface area contributed by atoms with Gasteiger partial charge in [-0.3, -0.25) is 9.69 Å². The Morgan fingerprint density at radius 2 is 1.74 bits per heavy atom. The Morgan fingerprint density at radius 1 is 1.06 bits per heavy atom. The van der Waals surface area contributed by atoms with E-state index >= 15 is 0 Å². The largest absolute Gasteiger partial charge is 0.497 e. The third-order valence-corrected chi connectivity index (χ3v) is 6.19. The van der Waals surface area contributed by atoms with Crippen LogP contribution in [0.15, 0.2) is 42.5 Å². The summed E-state index contributed by atoms with van der Waals surface area (Å²) in [5.41, 5.74) is 1.95. The van der Waals surface area contributed by atoms with Gasteiger partial charge < -0.3 is 24.1 Å². The van der Waals surface area contributed by atoms with E-state index in [9.17, 15) is 9.90 Å². The maximum atomic E-state index is 12.5. The zero-order valence-corrected chi connectivity index (χ0v) is 18.0. The van der Waals surface area contributed by atoms with Crippen LogP contribution in [0.1, 0.15) is 29.9 Å². The normalized spacial score (nSPS) is 23.0. The Hall–Kier alpha value is -2.77. The number of methoxy groups -OCH3 is 1. The van der Waals surface area contributed by atoms with Gasteiger partial charge in [-0.25, -0.2) is 0 Å². The molecule has 3 atom stereocenters. The van der Waals surface area contributed by atoms with Crippen molar-refractivity contribution in [2.45, 2.75) is 18.8 Å². The van der Waals surface area contributed by atoms with Gasteiger partial charge in [0.2, 0.25) is 6.79 Å². The van der Waals surface area contributed by atoms with E-state index in [-0.39, 0.29) is 18.6 Å². The first kappa shape index (κ1) is 21.5. The zero-order chi connectivity index (χ0) is 21.8. The van der Waals surface area contributed by atoms with Crippen LogP contribution in [0.25, 0.3) is 0 Å². The van der Waals surface area contributed by atoms with Gasteiger partial charge in [-0.1, -0.05) is 18.2 Å². The maximum absolute atomic E-state index is 12.5. The molecular formula is C24H29NO6. The molecule has 0 spiro atoms. The van der Waals surface area contributed by atoms with E-state index in [1.807, 2.05) is 49.4 Å². The second-order valence-corrected chi connectivity index (χ2v) is 7.92. The molecule has 2 aromatic rings. The van der Waals surface area contributed by atoms with E-state index < -0.39 is 11.9 Å². The first-order valence-electron chi connectivity index (χ1n) is 10.7. The lowest BCUT2D eigenvalue weighted by Crippen LogP contribution is -2.47. The molecule has 2 heterocycles. The molecule has 0 bridgehead atoms. The molecule has 1 fully saturated rings. The molecule has 1 N–H and O–H groups in total. The highest BCUT2D eigenvalue weighted by molar-refractivity contribution is 5.73. The molecule has 7 nitrogen and oxygen atoms in total. The molecule has 0 amide bonds. The number of likely N-dealkylation sites (tertiary alicyclic amines) is 1. The average molecular weight is 427 g/mol. The van der Waals surface area contributed by atoms with Gasteiger partial charge in [-0.15, -0.1) is 0 Å². The second kappa shape index (κ2) is 9.58. The summed E-state index contributed by atoms with van der Waals surface area (Å²) in [6.07, 6.45) is 0. The van der Waals surface area contributed by atoms with Crippen LogP contribution in [0.5, 0.6) is 17.2 Å². The van der Waals surface area contributed by atoms with Crippen molar-refractivity contribution < 1.29 is 28.8 Å². The van der Waals surface area contributed by atoms with Crippen molar-refractivity contribution in [1.29, 1.82) is 0 Å². The van der Waals surface area contributed by atoms with Crippen LogP contribution >= 0.6 is 0 Å². The van der Waals surface area contributed by atoms with Gasteiger partial charge in [0.25, 0.3) is 0 Å². The van der Waals surface area contributed by atoms with Crippen LogP contribution in [0.2, 0.25) is 0 Å². The van der Waals surface area contributed by atoms with Gasteiger partial charge in [0.15, 0.2) is 11.5 Å². The minimum Gasteiger partial charge on any atom is -0.497 e. The van der Waals surface area contributed by atoms with E-state index in [0.29, 0.717) is 37.8 Å². The predicted molar refractivity (Wildman–Crippen MR) is 115 cm³/mol. The Balaban J connectivity index is 1.68. The van der Waals surface area contributed by atoms with Gasteiger partial charge in [-0.2, -0.15) is 0 Å². The Morgan fingerprint density at radius 3 is 2.42 bits per heavy atom.